The molecule has 0 radical (unpaired) electrons. The molecule has 2 nitrogen and oxygen atoms in total. The van der Waals surface area contributed by atoms with Crippen LogP contribution in [0, 0.1) is 0 Å². The molecule has 1 unspecified atom stereocenters. The Morgan fingerprint density at radius 3 is 2.33 bits per heavy atom. The first-order chi connectivity index (χ1) is 8.36. The summed E-state index contributed by atoms with van der Waals surface area (Å²) < 4.78 is 0. The predicted octanol–water partition coefficient (Wildman–Crippen LogP) is 3.76. The lowest BCUT2D eigenvalue weighted by atomic mass is 10.1. The van der Waals surface area contributed by atoms with Crippen LogP contribution in [0.5, 0.6) is 0 Å². The molecule has 1 aromatic rings. The molecule has 1 heterocycles. The number of nitrogens with zero attached hydrogens (tertiary/aromatic N) is 1. The summed E-state index contributed by atoms with van der Waals surface area (Å²) in [6.07, 6.45) is 8.38. The molecular formula is C15H23BrN2. The van der Waals surface area contributed by atoms with Crippen LogP contribution in [0.15, 0.2) is 24.3 Å². The van der Waals surface area contributed by atoms with Crippen molar-refractivity contribution in [1.29, 1.82) is 0 Å². The second-order valence-electron chi connectivity index (χ2n) is 5.46. The minimum Gasteiger partial charge on any atom is -0.312 e. The monoisotopic (exact) mass is 310 g/mol. The van der Waals surface area contributed by atoms with Crippen molar-refractivity contribution in [3.63, 3.8) is 0 Å². The number of hydrogen-bond donors (Lipinski definition) is 1. The third-order valence-corrected chi connectivity index (χ3v) is 4.38. The van der Waals surface area contributed by atoms with Gasteiger partial charge >= 0.3 is 0 Å². The average molecular weight is 311 g/mol. The molecule has 0 saturated heterocycles. The van der Waals surface area contributed by atoms with Crippen LogP contribution in [0.25, 0.3) is 0 Å². The fraction of sp³-hybridized carbons (Fsp3) is 0.600. The van der Waals surface area contributed by atoms with E-state index < -0.39 is 0 Å². The SMILES string of the molecule is Br.NC1c2ccccc2CN1C1CCCCCC1. The van der Waals surface area contributed by atoms with Crippen LogP contribution in [0.4, 0.5) is 0 Å². The van der Waals surface area contributed by atoms with Gasteiger partial charge in [0.2, 0.25) is 0 Å². The Bertz CT molecular complexity index is 386. The Morgan fingerprint density at radius 1 is 1.00 bits per heavy atom. The second-order valence-corrected chi connectivity index (χ2v) is 5.46. The van der Waals surface area contributed by atoms with Gasteiger partial charge in [-0.15, -0.1) is 17.0 Å². The molecule has 2 N–H and O–H groups in total. The largest absolute Gasteiger partial charge is 0.312 e. The molecule has 18 heavy (non-hydrogen) atoms. The van der Waals surface area contributed by atoms with Gasteiger partial charge in [-0.05, 0) is 24.0 Å². The molecule has 1 aromatic carbocycles. The van der Waals surface area contributed by atoms with Crippen LogP contribution in [0.1, 0.15) is 55.8 Å². The van der Waals surface area contributed by atoms with Crippen molar-refractivity contribution in [3.8, 4) is 0 Å². The van der Waals surface area contributed by atoms with Crippen molar-refractivity contribution in [2.24, 2.45) is 5.73 Å². The molecular weight excluding hydrogens is 288 g/mol. The number of nitrogens with two attached hydrogens (primary N) is 1. The van der Waals surface area contributed by atoms with Gasteiger partial charge in [-0.25, -0.2) is 0 Å². The summed E-state index contributed by atoms with van der Waals surface area (Å²) in [6.45, 7) is 1.06. The van der Waals surface area contributed by atoms with E-state index in [4.69, 9.17) is 5.73 Å². The van der Waals surface area contributed by atoms with Crippen LogP contribution in [0.2, 0.25) is 0 Å². The molecule has 0 spiro atoms. The molecule has 1 atom stereocenters. The summed E-state index contributed by atoms with van der Waals surface area (Å²) in [7, 11) is 0. The maximum atomic E-state index is 6.40. The van der Waals surface area contributed by atoms with E-state index in [1.165, 1.54) is 49.7 Å². The number of fused-ring (bicyclic) bond motifs is 1. The van der Waals surface area contributed by atoms with Crippen molar-refractivity contribution >= 4 is 17.0 Å². The quantitative estimate of drug-likeness (QED) is 0.800. The van der Waals surface area contributed by atoms with Gasteiger partial charge in [-0.3, -0.25) is 4.90 Å². The first-order valence-corrected chi connectivity index (χ1v) is 6.95. The number of benzene rings is 1. The lowest BCUT2D eigenvalue weighted by Gasteiger charge is -2.30. The average Bonchev–Trinajstić information content (AvgIpc) is 2.57. The Hall–Kier alpha value is -0.380. The van der Waals surface area contributed by atoms with Gasteiger partial charge < -0.3 is 5.73 Å². The van der Waals surface area contributed by atoms with Gasteiger partial charge in [0.1, 0.15) is 0 Å². The topological polar surface area (TPSA) is 29.3 Å². The van der Waals surface area contributed by atoms with Crippen molar-refractivity contribution in [3.05, 3.63) is 35.4 Å². The fourth-order valence-corrected chi connectivity index (χ4v) is 3.39. The molecule has 3 heteroatoms. The van der Waals surface area contributed by atoms with Crippen LogP contribution >= 0.6 is 17.0 Å². The molecule has 3 rings (SSSR count). The summed E-state index contributed by atoms with van der Waals surface area (Å²) in [5, 5.41) is 0. The van der Waals surface area contributed by atoms with E-state index >= 15 is 0 Å². The maximum Gasteiger partial charge on any atom is 0.0843 e. The molecule has 0 aromatic heterocycles. The van der Waals surface area contributed by atoms with E-state index in [0.29, 0.717) is 6.04 Å². The van der Waals surface area contributed by atoms with Gasteiger partial charge in [0.15, 0.2) is 0 Å². The van der Waals surface area contributed by atoms with Gasteiger partial charge in [-0.1, -0.05) is 49.9 Å². The Labute approximate surface area is 120 Å². The molecule has 0 amide bonds. The van der Waals surface area contributed by atoms with E-state index in [0.717, 1.165) is 6.54 Å². The zero-order valence-corrected chi connectivity index (χ0v) is 12.6. The molecule has 1 aliphatic carbocycles. The maximum absolute atomic E-state index is 6.40. The third kappa shape index (κ3) is 2.63. The van der Waals surface area contributed by atoms with E-state index in [9.17, 15) is 0 Å². The summed E-state index contributed by atoms with van der Waals surface area (Å²) in [5.41, 5.74) is 9.18. The number of rotatable bonds is 1. The summed E-state index contributed by atoms with van der Waals surface area (Å²) in [5.74, 6) is 0. The van der Waals surface area contributed by atoms with Gasteiger partial charge in [-0.2, -0.15) is 0 Å². The molecule has 1 saturated carbocycles. The van der Waals surface area contributed by atoms with Crippen molar-refractivity contribution in [1.82, 2.24) is 4.90 Å². The highest BCUT2D eigenvalue weighted by Gasteiger charge is 2.32. The first kappa shape index (κ1) is 14.0. The second kappa shape index (κ2) is 6.18. The normalized spacial score (nSPS) is 25.3. The summed E-state index contributed by atoms with van der Waals surface area (Å²) in [6, 6.07) is 9.36. The van der Waals surface area contributed by atoms with E-state index in [-0.39, 0.29) is 23.1 Å². The minimum atomic E-state index is 0. The Kier molecular flexibility index (Phi) is 4.82. The van der Waals surface area contributed by atoms with Crippen LogP contribution in [-0.4, -0.2) is 10.9 Å². The lowest BCUT2D eigenvalue weighted by molar-refractivity contribution is 0.134. The van der Waals surface area contributed by atoms with Crippen molar-refractivity contribution < 1.29 is 0 Å². The van der Waals surface area contributed by atoms with Crippen LogP contribution in [-0.2, 0) is 6.54 Å². The van der Waals surface area contributed by atoms with Gasteiger partial charge in [0, 0.05) is 12.6 Å². The molecule has 1 fully saturated rings. The zero-order valence-electron chi connectivity index (χ0n) is 10.8. The smallest absolute Gasteiger partial charge is 0.0843 e. The van der Waals surface area contributed by atoms with Gasteiger partial charge in [0.05, 0.1) is 6.17 Å². The summed E-state index contributed by atoms with van der Waals surface area (Å²) in [4.78, 5) is 2.52. The highest BCUT2D eigenvalue weighted by molar-refractivity contribution is 8.93. The fourth-order valence-electron chi connectivity index (χ4n) is 3.39. The van der Waals surface area contributed by atoms with Crippen LogP contribution in [0.3, 0.4) is 0 Å². The molecule has 100 valence electrons. The Morgan fingerprint density at radius 2 is 1.67 bits per heavy atom. The number of halogens is 1. The summed E-state index contributed by atoms with van der Waals surface area (Å²) >= 11 is 0. The van der Waals surface area contributed by atoms with Crippen molar-refractivity contribution in [2.45, 2.75) is 57.3 Å². The lowest BCUT2D eigenvalue weighted by Crippen LogP contribution is -2.37. The van der Waals surface area contributed by atoms with Gasteiger partial charge in [0.25, 0.3) is 0 Å². The standard InChI is InChI=1S/C15H22N2.BrH/c16-15-14-10-6-5-7-12(14)11-17(15)13-8-3-1-2-4-9-13;/h5-7,10,13,15H,1-4,8-9,11,16H2;1H. The Balaban J connectivity index is 0.00000120. The molecule has 1 aliphatic heterocycles. The van der Waals surface area contributed by atoms with Crippen LogP contribution < -0.4 is 5.73 Å². The first-order valence-electron chi connectivity index (χ1n) is 6.95. The number of hydrogen-bond acceptors (Lipinski definition) is 2. The third-order valence-electron chi connectivity index (χ3n) is 4.38. The van der Waals surface area contributed by atoms with Crippen molar-refractivity contribution in [2.75, 3.05) is 0 Å². The van der Waals surface area contributed by atoms with E-state index in [1.54, 1.807) is 0 Å². The molecule has 2 aliphatic rings. The zero-order chi connectivity index (χ0) is 11.7. The predicted molar refractivity (Wildman–Crippen MR) is 80.7 cm³/mol. The molecule has 0 bridgehead atoms. The highest BCUT2D eigenvalue weighted by atomic mass is 79.9. The van der Waals surface area contributed by atoms with E-state index in [1.807, 2.05) is 0 Å². The van der Waals surface area contributed by atoms with E-state index in [2.05, 4.69) is 29.2 Å². The highest BCUT2D eigenvalue weighted by Crippen LogP contribution is 2.35. The minimum absolute atomic E-state index is 0.